The molecule has 0 saturated heterocycles. The molecule has 0 aliphatic heterocycles. The standard InChI is InChI=1S/C11H13N3O2S/c1-2-3-4-9(15)12-11-14-13-10(16-11)8-5-6-17-7-8/h5-7H,2-4H2,1H3,(H,12,14,15). The molecule has 0 saturated carbocycles. The summed E-state index contributed by atoms with van der Waals surface area (Å²) in [6.07, 6.45) is 2.32. The zero-order valence-corrected chi connectivity index (χ0v) is 10.3. The normalized spacial score (nSPS) is 10.4. The molecule has 0 atom stereocenters. The van der Waals surface area contributed by atoms with Gasteiger partial charge < -0.3 is 4.42 Å². The van der Waals surface area contributed by atoms with Crippen LogP contribution in [0, 0.1) is 0 Å². The van der Waals surface area contributed by atoms with E-state index in [9.17, 15) is 4.79 Å². The van der Waals surface area contributed by atoms with Gasteiger partial charge in [0.15, 0.2) is 0 Å². The second-order valence-corrected chi connectivity index (χ2v) is 4.36. The molecule has 2 heterocycles. The molecule has 0 fully saturated rings. The average molecular weight is 251 g/mol. The van der Waals surface area contributed by atoms with Gasteiger partial charge in [-0.05, 0) is 17.9 Å². The number of thiophene rings is 1. The number of hydrogen-bond donors (Lipinski definition) is 1. The second-order valence-electron chi connectivity index (χ2n) is 3.58. The summed E-state index contributed by atoms with van der Waals surface area (Å²) in [5, 5.41) is 14.1. The van der Waals surface area contributed by atoms with E-state index in [1.54, 1.807) is 11.3 Å². The van der Waals surface area contributed by atoms with Crippen molar-refractivity contribution in [3.8, 4) is 11.5 Å². The lowest BCUT2D eigenvalue weighted by molar-refractivity contribution is -0.116. The van der Waals surface area contributed by atoms with Crippen molar-refractivity contribution in [3.05, 3.63) is 16.8 Å². The van der Waals surface area contributed by atoms with Gasteiger partial charge in [-0.1, -0.05) is 18.4 Å². The minimum absolute atomic E-state index is 0.0904. The highest BCUT2D eigenvalue weighted by molar-refractivity contribution is 7.08. The zero-order chi connectivity index (χ0) is 12.1. The maximum absolute atomic E-state index is 11.4. The van der Waals surface area contributed by atoms with E-state index in [0.29, 0.717) is 12.3 Å². The summed E-state index contributed by atoms with van der Waals surface area (Å²) in [5.41, 5.74) is 0.872. The van der Waals surface area contributed by atoms with E-state index in [1.807, 2.05) is 23.8 Å². The number of nitrogens with zero attached hydrogens (tertiary/aromatic N) is 2. The van der Waals surface area contributed by atoms with Crippen molar-refractivity contribution in [1.29, 1.82) is 0 Å². The fourth-order valence-corrected chi connectivity index (χ4v) is 1.93. The number of hydrogen-bond acceptors (Lipinski definition) is 5. The van der Waals surface area contributed by atoms with Gasteiger partial charge in [0.25, 0.3) is 5.89 Å². The summed E-state index contributed by atoms with van der Waals surface area (Å²) in [4.78, 5) is 11.4. The Morgan fingerprint density at radius 2 is 2.41 bits per heavy atom. The summed E-state index contributed by atoms with van der Waals surface area (Å²) < 4.78 is 5.33. The molecule has 1 N–H and O–H groups in total. The molecule has 0 bridgehead atoms. The Labute approximate surface area is 103 Å². The van der Waals surface area contributed by atoms with Crippen molar-refractivity contribution in [2.45, 2.75) is 26.2 Å². The van der Waals surface area contributed by atoms with Gasteiger partial charge in [-0.15, -0.1) is 5.10 Å². The Balaban J connectivity index is 1.97. The molecule has 0 aliphatic rings. The number of anilines is 1. The number of aromatic nitrogens is 2. The summed E-state index contributed by atoms with van der Waals surface area (Å²) >= 11 is 1.55. The van der Waals surface area contributed by atoms with E-state index < -0.39 is 0 Å². The van der Waals surface area contributed by atoms with Crippen molar-refractivity contribution in [2.24, 2.45) is 0 Å². The Bertz CT molecular complexity index is 479. The van der Waals surface area contributed by atoms with Crippen LogP contribution < -0.4 is 5.32 Å². The molecule has 5 nitrogen and oxygen atoms in total. The minimum atomic E-state index is -0.0904. The first kappa shape index (κ1) is 11.8. The maximum Gasteiger partial charge on any atom is 0.322 e. The number of amides is 1. The number of nitrogens with one attached hydrogen (secondary N) is 1. The average Bonchev–Trinajstić information content (AvgIpc) is 2.95. The molecule has 1 amide bonds. The van der Waals surface area contributed by atoms with Crippen LogP contribution in [-0.2, 0) is 4.79 Å². The first-order valence-corrected chi connectivity index (χ1v) is 6.40. The van der Waals surface area contributed by atoms with Gasteiger partial charge in [0.05, 0.1) is 0 Å². The monoisotopic (exact) mass is 251 g/mol. The van der Waals surface area contributed by atoms with E-state index >= 15 is 0 Å². The topological polar surface area (TPSA) is 68.0 Å². The first-order valence-electron chi connectivity index (χ1n) is 5.45. The van der Waals surface area contributed by atoms with Crippen molar-refractivity contribution < 1.29 is 9.21 Å². The molecule has 17 heavy (non-hydrogen) atoms. The molecule has 6 heteroatoms. The van der Waals surface area contributed by atoms with Crippen molar-refractivity contribution in [2.75, 3.05) is 5.32 Å². The van der Waals surface area contributed by atoms with Gasteiger partial charge in [-0.3, -0.25) is 10.1 Å². The van der Waals surface area contributed by atoms with Gasteiger partial charge in [0, 0.05) is 17.4 Å². The third-order valence-corrected chi connectivity index (χ3v) is 2.88. The van der Waals surface area contributed by atoms with E-state index in [0.717, 1.165) is 18.4 Å². The van der Waals surface area contributed by atoms with Crippen LogP contribution in [0.3, 0.4) is 0 Å². The highest BCUT2D eigenvalue weighted by Crippen LogP contribution is 2.21. The number of carbonyl (C=O) groups excluding carboxylic acids is 1. The fraction of sp³-hybridized carbons (Fsp3) is 0.364. The van der Waals surface area contributed by atoms with Crippen molar-refractivity contribution in [1.82, 2.24) is 10.2 Å². The Morgan fingerprint density at radius 3 is 3.12 bits per heavy atom. The van der Waals surface area contributed by atoms with E-state index in [2.05, 4.69) is 15.5 Å². The number of carbonyl (C=O) groups is 1. The van der Waals surface area contributed by atoms with Gasteiger partial charge in [0.2, 0.25) is 5.91 Å². The van der Waals surface area contributed by atoms with Crippen LogP contribution in [0.5, 0.6) is 0 Å². The SMILES string of the molecule is CCCCC(=O)Nc1nnc(-c2ccsc2)o1. The Morgan fingerprint density at radius 1 is 1.53 bits per heavy atom. The van der Waals surface area contributed by atoms with E-state index in [-0.39, 0.29) is 11.9 Å². The molecule has 2 aromatic rings. The third-order valence-electron chi connectivity index (χ3n) is 2.20. The van der Waals surface area contributed by atoms with E-state index in [4.69, 9.17) is 4.42 Å². The van der Waals surface area contributed by atoms with Gasteiger partial charge in [-0.2, -0.15) is 11.3 Å². The summed E-state index contributed by atoms with van der Waals surface area (Å²) in [6.45, 7) is 2.04. The third kappa shape index (κ3) is 3.13. The molecule has 0 spiro atoms. The maximum atomic E-state index is 11.4. The zero-order valence-electron chi connectivity index (χ0n) is 9.47. The lowest BCUT2D eigenvalue weighted by Crippen LogP contribution is -2.11. The van der Waals surface area contributed by atoms with Crippen LogP contribution >= 0.6 is 11.3 Å². The smallest absolute Gasteiger partial charge is 0.322 e. The molecule has 2 aromatic heterocycles. The number of unbranched alkanes of at least 4 members (excludes halogenated alkanes) is 1. The van der Waals surface area contributed by atoms with Crippen LogP contribution in [0.25, 0.3) is 11.5 Å². The lowest BCUT2D eigenvalue weighted by Gasteiger charge is -1.97. The fourth-order valence-electron chi connectivity index (χ4n) is 1.30. The molecule has 0 aromatic carbocycles. The predicted octanol–water partition coefficient (Wildman–Crippen LogP) is 2.93. The highest BCUT2D eigenvalue weighted by Gasteiger charge is 2.10. The van der Waals surface area contributed by atoms with Crippen LogP contribution in [0.2, 0.25) is 0 Å². The van der Waals surface area contributed by atoms with Crippen LogP contribution in [-0.4, -0.2) is 16.1 Å². The van der Waals surface area contributed by atoms with Crippen molar-refractivity contribution >= 4 is 23.3 Å². The molecule has 90 valence electrons. The summed E-state index contributed by atoms with van der Waals surface area (Å²) in [7, 11) is 0. The van der Waals surface area contributed by atoms with Crippen molar-refractivity contribution in [3.63, 3.8) is 0 Å². The van der Waals surface area contributed by atoms with Gasteiger partial charge >= 0.3 is 6.01 Å². The molecule has 2 rings (SSSR count). The predicted molar refractivity (Wildman–Crippen MR) is 65.8 cm³/mol. The van der Waals surface area contributed by atoms with Gasteiger partial charge in [-0.25, -0.2) is 0 Å². The van der Waals surface area contributed by atoms with E-state index in [1.165, 1.54) is 0 Å². The van der Waals surface area contributed by atoms with Crippen LogP contribution in [0.1, 0.15) is 26.2 Å². The molecule has 0 aliphatic carbocycles. The highest BCUT2D eigenvalue weighted by atomic mass is 32.1. The lowest BCUT2D eigenvalue weighted by atomic mass is 10.2. The number of rotatable bonds is 5. The second kappa shape index (κ2) is 5.58. The first-order chi connectivity index (χ1) is 8.29. The Kier molecular flexibility index (Phi) is 3.87. The molecule has 0 unspecified atom stereocenters. The largest absolute Gasteiger partial charge is 0.403 e. The van der Waals surface area contributed by atoms with Crippen LogP contribution in [0.4, 0.5) is 6.01 Å². The summed E-state index contributed by atoms with van der Waals surface area (Å²) in [6, 6.07) is 2.05. The molecular formula is C11H13N3O2S. The Hall–Kier alpha value is -1.69. The van der Waals surface area contributed by atoms with Crippen LogP contribution in [0.15, 0.2) is 21.2 Å². The molecule has 0 radical (unpaired) electrons. The minimum Gasteiger partial charge on any atom is -0.403 e. The summed E-state index contributed by atoms with van der Waals surface area (Å²) in [5.74, 6) is 0.337. The quantitative estimate of drug-likeness (QED) is 0.887. The molecular weight excluding hydrogens is 238 g/mol. The van der Waals surface area contributed by atoms with Gasteiger partial charge in [0.1, 0.15) is 0 Å².